The second-order valence-electron chi connectivity index (χ2n) is 3.48. The monoisotopic (exact) mass is 290 g/mol. The lowest BCUT2D eigenvalue weighted by molar-refractivity contribution is 0.0971. The SMILES string of the molecule is Cn1ccn(CC(=O)c2cc(Cl)sc2Cl)c1=O. The number of nitrogens with zero attached hydrogens (tertiary/aromatic N) is 2. The maximum absolute atomic E-state index is 11.9. The van der Waals surface area contributed by atoms with Gasteiger partial charge in [0.25, 0.3) is 0 Å². The largest absolute Gasteiger partial charge is 0.328 e. The lowest BCUT2D eigenvalue weighted by Gasteiger charge is -1.99. The molecule has 90 valence electrons. The molecule has 0 radical (unpaired) electrons. The number of thiophene rings is 1. The van der Waals surface area contributed by atoms with E-state index < -0.39 is 0 Å². The molecule has 0 N–H and O–H groups in total. The van der Waals surface area contributed by atoms with Crippen LogP contribution in [0.5, 0.6) is 0 Å². The molecule has 2 heterocycles. The first-order chi connectivity index (χ1) is 7.99. The van der Waals surface area contributed by atoms with Crippen LogP contribution in [0.3, 0.4) is 0 Å². The molecule has 2 aromatic heterocycles. The molecule has 17 heavy (non-hydrogen) atoms. The summed E-state index contributed by atoms with van der Waals surface area (Å²) in [5, 5.41) is 0. The first kappa shape index (κ1) is 12.4. The van der Waals surface area contributed by atoms with Gasteiger partial charge in [0, 0.05) is 19.4 Å². The number of aryl methyl sites for hydroxylation is 1. The van der Waals surface area contributed by atoms with Crippen LogP contribution < -0.4 is 5.69 Å². The Bertz CT molecular complexity index is 627. The third-order valence-corrected chi connectivity index (χ3v) is 3.78. The smallest absolute Gasteiger partial charge is 0.302 e. The van der Waals surface area contributed by atoms with Crippen molar-refractivity contribution in [2.24, 2.45) is 7.05 Å². The zero-order valence-corrected chi connectivity index (χ0v) is 11.1. The number of Topliss-reactive ketones (excluding diaryl/α,β-unsaturated/α-hetero) is 1. The predicted molar refractivity (Wildman–Crippen MR) is 68.3 cm³/mol. The molecule has 0 bridgehead atoms. The minimum atomic E-state index is -0.240. The fourth-order valence-corrected chi connectivity index (χ4v) is 2.90. The van der Waals surface area contributed by atoms with Gasteiger partial charge in [-0.05, 0) is 6.07 Å². The van der Waals surface area contributed by atoms with E-state index in [2.05, 4.69) is 0 Å². The van der Waals surface area contributed by atoms with Gasteiger partial charge in [-0.25, -0.2) is 4.79 Å². The lowest BCUT2D eigenvalue weighted by atomic mass is 10.2. The summed E-state index contributed by atoms with van der Waals surface area (Å²) in [6.45, 7) is -0.0353. The highest BCUT2D eigenvalue weighted by Gasteiger charge is 2.15. The van der Waals surface area contributed by atoms with E-state index in [0.717, 1.165) is 11.3 Å². The third kappa shape index (κ3) is 2.46. The summed E-state index contributed by atoms with van der Waals surface area (Å²) < 4.78 is 3.53. The summed E-state index contributed by atoms with van der Waals surface area (Å²) >= 11 is 12.8. The molecule has 7 heteroatoms. The van der Waals surface area contributed by atoms with Gasteiger partial charge in [0.2, 0.25) is 0 Å². The van der Waals surface area contributed by atoms with Crippen LogP contribution in [0.15, 0.2) is 23.3 Å². The van der Waals surface area contributed by atoms with Gasteiger partial charge in [0.15, 0.2) is 5.78 Å². The summed E-state index contributed by atoms with van der Waals surface area (Å²) in [7, 11) is 1.62. The van der Waals surface area contributed by atoms with Crippen molar-refractivity contribution in [2.75, 3.05) is 0 Å². The van der Waals surface area contributed by atoms with E-state index in [1.54, 1.807) is 19.4 Å². The summed E-state index contributed by atoms with van der Waals surface area (Å²) in [6.07, 6.45) is 3.15. The Morgan fingerprint density at radius 2 is 2.12 bits per heavy atom. The molecule has 0 amide bonds. The number of hydrogen-bond donors (Lipinski definition) is 0. The van der Waals surface area contributed by atoms with E-state index in [-0.39, 0.29) is 18.0 Å². The number of halogens is 2. The topological polar surface area (TPSA) is 44.0 Å². The number of carbonyl (C=O) groups excluding carboxylic acids is 1. The fraction of sp³-hybridized carbons (Fsp3) is 0.200. The van der Waals surface area contributed by atoms with E-state index in [0.29, 0.717) is 14.2 Å². The highest BCUT2D eigenvalue weighted by molar-refractivity contribution is 7.20. The molecule has 0 spiro atoms. The van der Waals surface area contributed by atoms with Crippen LogP contribution in [0.2, 0.25) is 8.67 Å². The van der Waals surface area contributed by atoms with Gasteiger partial charge < -0.3 is 4.57 Å². The van der Waals surface area contributed by atoms with Gasteiger partial charge in [0.1, 0.15) is 4.34 Å². The van der Waals surface area contributed by atoms with Crippen LogP contribution in [-0.2, 0) is 13.6 Å². The first-order valence-electron chi connectivity index (χ1n) is 4.69. The third-order valence-electron chi connectivity index (χ3n) is 2.29. The van der Waals surface area contributed by atoms with Gasteiger partial charge in [-0.15, -0.1) is 11.3 Å². The van der Waals surface area contributed by atoms with Gasteiger partial charge in [0.05, 0.1) is 16.4 Å². The molecule has 4 nitrogen and oxygen atoms in total. The highest BCUT2D eigenvalue weighted by Crippen LogP contribution is 2.31. The maximum atomic E-state index is 11.9. The molecule has 0 aliphatic carbocycles. The van der Waals surface area contributed by atoms with Crippen molar-refractivity contribution in [1.29, 1.82) is 0 Å². The molecule has 0 saturated heterocycles. The van der Waals surface area contributed by atoms with Gasteiger partial charge >= 0.3 is 5.69 Å². The van der Waals surface area contributed by atoms with Crippen LogP contribution in [-0.4, -0.2) is 14.9 Å². The Balaban J connectivity index is 2.26. The Labute approximate surface area is 111 Å². The van der Waals surface area contributed by atoms with Crippen molar-refractivity contribution in [3.63, 3.8) is 0 Å². The molecule has 2 rings (SSSR count). The molecule has 0 atom stereocenters. The zero-order valence-electron chi connectivity index (χ0n) is 8.81. The highest BCUT2D eigenvalue weighted by atomic mass is 35.5. The summed E-state index contributed by atoms with van der Waals surface area (Å²) in [6, 6.07) is 1.52. The molecule has 0 aromatic carbocycles. The van der Waals surface area contributed by atoms with Gasteiger partial charge in [-0.2, -0.15) is 0 Å². The fourth-order valence-electron chi connectivity index (χ4n) is 1.40. The maximum Gasteiger partial charge on any atom is 0.328 e. The number of aromatic nitrogens is 2. The second kappa shape index (κ2) is 4.68. The number of hydrogen-bond acceptors (Lipinski definition) is 3. The summed E-state index contributed by atoms with van der Waals surface area (Å²) in [5.41, 5.74) is 0.119. The van der Waals surface area contributed by atoms with Gasteiger partial charge in [-0.1, -0.05) is 23.2 Å². The van der Waals surface area contributed by atoms with E-state index >= 15 is 0 Å². The Kier molecular flexibility index (Phi) is 3.42. The van der Waals surface area contributed by atoms with Crippen LogP contribution in [0.4, 0.5) is 0 Å². The van der Waals surface area contributed by atoms with E-state index in [4.69, 9.17) is 23.2 Å². The minimum absolute atomic E-state index is 0.0353. The molecule has 0 saturated carbocycles. The summed E-state index contributed by atoms with van der Waals surface area (Å²) in [5.74, 6) is -0.230. The van der Waals surface area contributed by atoms with Crippen molar-refractivity contribution in [3.8, 4) is 0 Å². The number of rotatable bonds is 3. The van der Waals surface area contributed by atoms with Crippen LogP contribution in [0.25, 0.3) is 0 Å². The van der Waals surface area contributed by atoms with E-state index in [1.807, 2.05) is 0 Å². The average Bonchev–Trinajstić information content (AvgIpc) is 2.75. The van der Waals surface area contributed by atoms with Crippen molar-refractivity contribution >= 4 is 40.3 Å². The van der Waals surface area contributed by atoms with Crippen molar-refractivity contribution in [1.82, 2.24) is 9.13 Å². The second-order valence-corrected chi connectivity index (χ2v) is 5.77. The Morgan fingerprint density at radius 3 is 2.59 bits per heavy atom. The molecular weight excluding hydrogens is 283 g/mol. The molecular formula is C10H8Cl2N2O2S. The number of carbonyl (C=O) groups is 1. The van der Waals surface area contributed by atoms with Crippen molar-refractivity contribution in [3.05, 3.63) is 43.2 Å². The van der Waals surface area contributed by atoms with Crippen LogP contribution >= 0.6 is 34.5 Å². The lowest BCUT2D eigenvalue weighted by Crippen LogP contribution is -2.25. The average molecular weight is 291 g/mol. The van der Waals surface area contributed by atoms with E-state index in [1.165, 1.54) is 15.2 Å². The van der Waals surface area contributed by atoms with Crippen molar-refractivity contribution in [2.45, 2.75) is 6.54 Å². The van der Waals surface area contributed by atoms with Crippen molar-refractivity contribution < 1.29 is 4.79 Å². The van der Waals surface area contributed by atoms with E-state index in [9.17, 15) is 9.59 Å². The number of ketones is 1. The molecule has 0 unspecified atom stereocenters. The number of imidazole rings is 1. The molecule has 0 aliphatic rings. The van der Waals surface area contributed by atoms with Crippen LogP contribution in [0.1, 0.15) is 10.4 Å². The molecule has 2 aromatic rings. The summed E-state index contributed by atoms with van der Waals surface area (Å²) in [4.78, 5) is 23.4. The van der Waals surface area contributed by atoms with Gasteiger partial charge in [-0.3, -0.25) is 9.36 Å². The molecule has 0 aliphatic heterocycles. The first-order valence-corrected chi connectivity index (χ1v) is 6.26. The van der Waals surface area contributed by atoms with Crippen LogP contribution in [0, 0.1) is 0 Å². The standard InChI is InChI=1S/C10H8Cl2N2O2S/c1-13-2-3-14(10(13)16)5-7(15)6-4-8(11)17-9(6)12/h2-4H,5H2,1H3. The Morgan fingerprint density at radius 1 is 1.41 bits per heavy atom. The quantitative estimate of drug-likeness (QED) is 0.815. The zero-order chi connectivity index (χ0) is 12.6. The molecule has 0 fully saturated rings. The Hall–Kier alpha value is -1.04. The predicted octanol–water partition coefficient (Wildman–Crippen LogP) is 2.44. The normalized spacial score (nSPS) is 10.8. The minimum Gasteiger partial charge on any atom is -0.302 e.